The van der Waals surface area contributed by atoms with Crippen molar-refractivity contribution in [2.75, 3.05) is 7.05 Å². The number of amides is 1. The molecular formula is C10H15NO4S. The molecule has 0 unspecified atom stereocenters. The highest BCUT2D eigenvalue weighted by Crippen LogP contribution is 2.08. The number of nitrogens with one attached hydrogen (secondary N) is 1. The molecule has 16 heavy (non-hydrogen) atoms. The molecule has 0 aliphatic heterocycles. The summed E-state index contributed by atoms with van der Waals surface area (Å²) in [5, 5.41) is 2.39. The topological polar surface area (TPSA) is 83.5 Å². The molecule has 0 saturated carbocycles. The van der Waals surface area contributed by atoms with Crippen LogP contribution in [0.15, 0.2) is 29.2 Å². The molecule has 0 saturated heterocycles. The van der Waals surface area contributed by atoms with Crippen molar-refractivity contribution in [2.24, 2.45) is 0 Å². The summed E-state index contributed by atoms with van der Waals surface area (Å²) < 4.78 is 29.6. The number of benzene rings is 1. The molecule has 2 N–H and O–H groups in total. The van der Waals surface area contributed by atoms with E-state index in [1.165, 1.54) is 19.1 Å². The average molecular weight is 245 g/mol. The van der Waals surface area contributed by atoms with Crippen LogP contribution in [-0.4, -0.2) is 25.9 Å². The zero-order valence-corrected chi connectivity index (χ0v) is 10.2. The van der Waals surface area contributed by atoms with Crippen LogP contribution in [0.2, 0.25) is 0 Å². The Kier molecular flexibility index (Phi) is 5.69. The summed E-state index contributed by atoms with van der Waals surface area (Å²) in [7, 11) is -2.42. The SMILES string of the molecule is CNC(C)=O.Cc1ccc(S(=O)(=O)O)cc1. The van der Waals surface area contributed by atoms with Crippen LogP contribution in [0.1, 0.15) is 12.5 Å². The van der Waals surface area contributed by atoms with Gasteiger partial charge in [-0.25, -0.2) is 0 Å². The fourth-order valence-corrected chi connectivity index (χ4v) is 1.19. The zero-order valence-electron chi connectivity index (χ0n) is 9.39. The molecule has 0 fully saturated rings. The average Bonchev–Trinajstić information content (AvgIpc) is 2.18. The summed E-state index contributed by atoms with van der Waals surface area (Å²) in [5.74, 6) is 0.00463. The predicted octanol–water partition coefficient (Wildman–Crippen LogP) is 0.994. The second-order valence-corrected chi connectivity index (χ2v) is 4.52. The number of aryl methyl sites for hydroxylation is 1. The molecule has 0 heterocycles. The Morgan fingerprint density at radius 2 is 1.62 bits per heavy atom. The number of carbonyl (C=O) groups is 1. The number of carbonyl (C=O) groups excluding carboxylic acids is 1. The maximum atomic E-state index is 10.5. The van der Waals surface area contributed by atoms with E-state index < -0.39 is 10.1 Å². The highest BCUT2D eigenvalue weighted by molar-refractivity contribution is 7.85. The van der Waals surface area contributed by atoms with Gasteiger partial charge in [-0.2, -0.15) is 8.42 Å². The van der Waals surface area contributed by atoms with Crippen LogP contribution in [-0.2, 0) is 14.9 Å². The van der Waals surface area contributed by atoms with E-state index in [0.717, 1.165) is 5.56 Å². The first-order valence-electron chi connectivity index (χ1n) is 4.50. The smallest absolute Gasteiger partial charge is 0.294 e. The zero-order chi connectivity index (χ0) is 12.8. The third-order valence-electron chi connectivity index (χ3n) is 1.67. The largest absolute Gasteiger partial charge is 0.359 e. The Morgan fingerprint density at radius 3 is 1.88 bits per heavy atom. The van der Waals surface area contributed by atoms with Crippen LogP contribution < -0.4 is 5.32 Å². The number of hydrogen-bond acceptors (Lipinski definition) is 3. The first kappa shape index (κ1) is 14.6. The normalized spacial score (nSPS) is 10.0. The van der Waals surface area contributed by atoms with Crippen molar-refractivity contribution >= 4 is 16.0 Å². The molecule has 0 spiro atoms. The van der Waals surface area contributed by atoms with E-state index >= 15 is 0 Å². The summed E-state index contributed by atoms with van der Waals surface area (Å²) >= 11 is 0. The van der Waals surface area contributed by atoms with Crippen molar-refractivity contribution in [3.05, 3.63) is 29.8 Å². The second-order valence-electron chi connectivity index (χ2n) is 3.09. The summed E-state index contributed by atoms with van der Waals surface area (Å²) in [6.45, 7) is 3.31. The van der Waals surface area contributed by atoms with Gasteiger partial charge in [0.2, 0.25) is 5.91 Å². The van der Waals surface area contributed by atoms with Gasteiger partial charge in [0.25, 0.3) is 10.1 Å². The summed E-state index contributed by atoms with van der Waals surface area (Å²) in [5.41, 5.74) is 0.956. The van der Waals surface area contributed by atoms with E-state index in [9.17, 15) is 13.2 Å². The Bertz CT molecular complexity index is 436. The van der Waals surface area contributed by atoms with Crippen molar-refractivity contribution in [1.82, 2.24) is 5.32 Å². The monoisotopic (exact) mass is 245 g/mol. The van der Waals surface area contributed by atoms with E-state index in [0.29, 0.717) is 0 Å². The molecule has 1 amide bonds. The lowest BCUT2D eigenvalue weighted by molar-refractivity contribution is -0.118. The summed E-state index contributed by atoms with van der Waals surface area (Å²) in [4.78, 5) is 9.63. The lowest BCUT2D eigenvalue weighted by Crippen LogP contribution is -2.11. The third-order valence-corrected chi connectivity index (χ3v) is 2.54. The van der Waals surface area contributed by atoms with E-state index in [1.54, 1.807) is 19.2 Å². The molecule has 0 radical (unpaired) electrons. The molecule has 0 bridgehead atoms. The molecule has 0 atom stereocenters. The van der Waals surface area contributed by atoms with E-state index in [2.05, 4.69) is 5.32 Å². The first-order chi connectivity index (χ1) is 7.27. The first-order valence-corrected chi connectivity index (χ1v) is 5.94. The number of hydrogen-bond donors (Lipinski definition) is 2. The van der Waals surface area contributed by atoms with Gasteiger partial charge in [0.05, 0.1) is 4.90 Å². The lowest BCUT2D eigenvalue weighted by Gasteiger charge is -1.95. The van der Waals surface area contributed by atoms with Gasteiger partial charge in [0, 0.05) is 14.0 Å². The van der Waals surface area contributed by atoms with E-state index in [1.807, 2.05) is 6.92 Å². The molecular weight excluding hydrogens is 230 g/mol. The summed E-state index contributed by atoms with van der Waals surface area (Å²) in [6, 6.07) is 5.99. The Balaban J connectivity index is 0.000000385. The Hall–Kier alpha value is -1.40. The highest BCUT2D eigenvalue weighted by atomic mass is 32.2. The molecule has 1 aromatic carbocycles. The molecule has 6 heteroatoms. The molecule has 5 nitrogen and oxygen atoms in total. The van der Waals surface area contributed by atoms with Crippen LogP contribution >= 0.6 is 0 Å². The third kappa shape index (κ3) is 6.15. The van der Waals surface area contributed by atoms with Gasteiger partial charge in [0.15, 0.2) is 0 Å². The quantitative estimate of drug-likeness (QED) is 0.723. The van der Waals surface area contributed by atoms with Crippen molar-refractivity contribution in [3.8, 4) is 0 Å². The van der Waals surface area contributed by atoms with Crippen LogP contribution in [0.5, 0.6) is 0 Å². The molecule has 1 rings (SSSR count). The van der Waals surface area contributed by atoms with Crippen molar-refractivity contribution in [2.45, 2.75) is 18.7 Å². The van der Waals surface area contributed by atoms with Crippen molar-refractivity contribution in [3.63, 3.8) is 0 Å². The van der Waals surface area contributed by atoms with Gasteiger partial charge < -0.3 is 5.32 Å². The Labute approximate surface area is 95.2 Å². The Morgan fingerprint density at radius 1 is 1.25 bits per heavy atom. The molecule has 0 aliphatic rings. The van der Waals surface area contributed by atoms with Gasteiger partial charge in [-0.15, -0.1) is 0 Å². The molecule has 0 aliphatic carbocycles. The van der Waals surface area contributed by atoms with Gasteiger partial charge >= 0.3 is 0 Å². The maximum Gasteiger partial charge on any atom is 0.294 e. The maximum absolute atomic E-state index is 10.5. The van der Waals surface area contributed by atoms with E-state index in [4.69, 9.17) is 4.55 Å². The molecule has 1 aromatic rings. The number of rotatable bonds is 1. The van der Waals surface area contributed by atoms with Gasteiger partial charge in [-0.05, 0) is 19.1 Å². The van der Waals surface area contributed by atoms with Crippen LogP contribution in [0.25, 0.3) is 0 Å². The fraction of sp³-hybridized carbons (Fsp3) is 0.300. The van der Waals surface area contributed by atoms with Crippen LogP contribution in [0.3, 0.4) is 0 Å². The van der Waals surface area contributed by atoms with Crippen LogP contribution in [0, 0.1) is 6.92 Å². The van der Waals surface area contributed by atoms with Crippen LogP contribution in [0.4, 0.5) is 0 Å². The van der Waals surface area contributed by atoms with Gasteiger partial charge in [0.1, 0.15) is 0 Å². The standard InChI is InChI=1S/C7H8O3S.C3H7NO/c1-6-2-4-7(5-3-6)11(8,9)10;1-3(5)4-2/h2-5H,1H3,(H,8,9,10);1-2H3,(H,4,5). The minimum Gasteiger partial charge on any atom is -0.359 e. The molecule has 90 valence electrons. The molecule has 0 aromatic heterocycles. The minimum atomic E-state index is -4.02. The lowest BCUT2D eigenvalue weighted by atomic mass is 10.2. The fourth-order valence-electron chi connectivity index (χ4n) is 0.710. The summed E-state index contributed by atoms with van der Waals surface area (Å²) in [6.07, 6.45) is 0. The van der Waals surface area contributed by atoms with Gasteiger partial charge in [-0.3, -0.25) is 9.35 Å². The predicted molar refractivity (Wildman–Crippen MR) is 60.7 cm³/mol. The second kappa shape index (κ2) is 6.24. The van der Waals surface area contributed by atoms with Crippen molar-refractivity contribution in [1.29, 1.82) is 0 Å². The minimum absolute atomic E-state index is 0.00463. The van der Waals surface area contributed by atoms with E-state index in [-0.39, 0.29) is 10.8 Å². The highest BCUT2D eigenvalue weighted by Gasteiger charge is 2.06. The van der Waals surface area contributed by atoms with Crippen molar-refractivity contribution < 1.29 is 17.8 Å². The van der Waals surface area contributed by atoms with Gasteiger partial charge in [-0.1, -0.05) is 17.7 Å².